The van der Waals surface area contributed by atoms with Gasteiger partial charge in [0.25, 0.3) is 0 Å². The number of rotatable bonds is 11. The molecule has 1 fully saturated rings. The Hall–Kier alpha value is -2.36. The van der Waals surface area contributed by atoms with Crippen molar-refractivity contribution < 1.29 is 28.5 Å². The average molecular weight is 565 g/mol. The van der Waals surface area contributed by atoms with E-state index in [4.69, 9.17) is 23.4 Å². The fourth-order valence-electron chi connectivity index (χ4n) is 4.38. The van der Waals surface area contributed by atoms with Gasteiger partial charge in [0.2, 0.25) is 0 Å². The highest BCUT2D eigenvalue weighted by Crippen LogP contribution is 2.39. The summed E-state index contributed by atoms with van der Waals surface area (Å²) in [6, 6.07) is 29.9. The maximum absolute atomic E-state index is 11.3. The van der Waals surface area contributed by atoms with E-state index in [2.05, 4.69) is 33.9 Å². The van der Waals surface area contributed by atoms with Crippen LogP contribution < -0.4 is 0 Å². The summed E-state index contributed by atoms with van der Waals surface area (Å²) >= 11 is 0. The normalized spacial score (nSPS) is 24.0. The Morgan fingerprint density at radius 3 is 1.50 bits per heavy atom. The fraction of sp³-hybridized carbons (Fsp3) is 0.455. The molecule has 3 aromatic rings. The number of hydrogen-bond acceptors (Lipinski definition) is 6. The lowest BCUT2D eigenvalue weighted by molar-refractivity contribution is -0.214. The van der Waals surface area contributed by atoms with Crippen molar-refractivity contribution in [3.8, 4) is 0 Å². The van der Waals surface area contributed by atoms with Gasteiger partial charge < -0.3 is 28.5 Å². The molecule has 1 N–H and O–H groups in total. The minimum absolute atomic E-state index is 0.0468. The van der Waals surface area contributed by atoms with Crippen molar-refractivity contribution in [3.05, 3.63) is 108 Å². The van der Waals surface area contributed by atoms with Gasteiger partial charge in [-0.3, -0.25) is 0 Å². The van der Waals surface area contributed by atoms with Crippen LogP contribution >= 0.6 is 0 Å². The molecule has 0 radical (unpaired) electrons. The third kappa shape index (κ3) is 8.33. The first-order chi connectivity index (χ1) is 19.1. The summed E-state index contributed by atoms with van der Waals surface area (Å²) in [6.07, 6.45) is -3.65. The lowest BCUT2D eigenvalue weighted by atomic mass is 10.0. The van der Waals surface area contributed by atoms with E-state index in [0.29, 0.717) is 19.8 Å². The Balaban J connectivity index is 1.67. The summed E-state index contributed by atoms with van der Waals surface area (Å²) in [7, 11) is -2.28. The monoisotopic (exact) mass is 564 g/mol. The molecule has 0 amide bonds. The van der Waals surface area contributed by atoms with E-state index in [1.54, 1.807) is 0 Å². The molecule has 1 saturated heterocycles. The highest BCUT2D eigenvalue weighted by molar-refractivity contribution is 6.74. The van der Waals surface area contributed by atoms with Gasteiger partial charge in [0.1, 0.15) is 24.4 Å². The Labute approximate surface area is 240 Å². The van der Waals surface area contributed by atoms with Crippen molar-refractivity contribution >= 4 is 8.32 Å². The molecular formula is C33H44O6Si. The number of benzene rings is 3. The fourth-order valence-corrected chi connectivity index (χ4v) is 5.52. The summed E-state index contributed by atoms with van der Waals surface area (Å²) in [5, 5.41) is 11.3. The van der Waals surface area contributed by atoms with Crippen LogP contribution in [0.15, 0.2) is 91.0 Å². The maximum Gasteiger partial charge on any atom is 0.195 e. The van der Waals surface area contributed by atoms with Crippen molar-refractivity contribution in [1.82, 2.24) is 0 Å². The third-order valence-electron chi connectivity index (χ3n) is 7.80. The molecule has 216 valence electrons. The summed E-state index contributed by atoms with van der Waals surface area (Å²) in [5.74, 6) is 0. The van der Waals surface area contributed by atoms with Crippen molar-refractivity contribution in [2.75, 3.05) is 6.61 Å². The Bertz CT molecular complexity index is 1140. The van der Waals surface area contributed by atoms with Gasteiger partial charge in [-0.05, 0) is 34.8 Å². The van der Waals surface area contributed by atoms with Crippen LogP contribution in [0.4, 0.5) is 0 Å². The van der Waals surface area contributed by atoms with E-state index >= 15 is 0 Å². The van der Waals surface area contributed by atoms with Gasteiger partial charge in [-0.2, -0.15) is 0 Å². The quantitative estimate of drug-likeness (QED) is 0.269. The van der Waals surface area contributed by atoms with Crippen molar-refractivity contribution in [1.29, 1.82) is 0 Å². The minimum Gasteiger partial charge on any atom is -0.390 e. The molecule has 4 rings (SSSR count). The molecule has 1 aliphatic heterocycles. The summed E-state index contributed by atoms with van der Waals surface area (Å²) in [4.78, 5) is 0. The molecule has 6 nitrogen and oxygen atoms in total. The molecule has 40 heavy (non-hydrogen) atoms. The Morgan fingerprint density at radius 2 is 1.07 bits per heavy atom. The van der Waals surface area contributed by atoms with Crippen LogP contribution in [-0.4, -0.2) is 50.7 Å². The van der Waals surface area contributed by atoms with Crippen LogP contribution in [0.25, 0.3) is 0 Å². The van der Waals surface area contributed by atoms with Gasteiger partial charge >= 0.3 is 0 Å². The zero-order valence-electron chi connectivity index (χ0n) is 24.4. The van der Waals surface area contributed by atoms with E-state index in [1.165, 1.54) is 0 Å². The molecule has 3 aromatic carbocycles. The molecule has 7 heteroatoms. The number of ether oxygens (including phenoxy) is 4. The van der Waals surface area contributed by atoms with Crippen LogP contribution in [0.3, 0.4) is 0 Å². The second kappa shape index (κ2) is 14.0. The molecule has 1 unspecified atom stereocenters. The molecule has 1 heterocycles. The van der Waals surface area contributed by atoms with E-state index in [9.17, 15) is 5.11 Å². The minimum atomic E-state index is -2.28. The Kier molecular flexibility index (Phi) is 10.7. The lowest BCUT2D eigenvalue weighted by Crippen LogP contribution is -2.54. The topological polar surface area (TPSA) is 66.4 Å². The van der Waals surface area contributed by atoms with Gasteiger partial charge in [0.15, 0.2) is 14.6 Å². The van der Waals surface area contributed by atoms with E-state index in [1.807, 2.05) is 91.0 Å². The first-order valence-corrected chi connectivity index (χ1v) is 17.0. The highest BCUT2D eigenvalue weighted by atomic mass is 28.4. The van der Waals surface area contributed by atoms with Crippen molar-refractivity contribution in [3.63, 3.8) is 0 Å². The van der Waals surface area contributed by atoms with Crippen molar-refractivity contribution in [2.24, 2.45) is 0 Å². The van der Waals surface area contributed by atoms with Gasteiger partial charge in [0, 0.05) is 0 Å². The molecular weight excluding hydrogens is 520 g/mol. The van der Waals surface area contributed by atoms with Gasteiger partial charge in [-0.15, -0.1) is 0 Å². The van der Waals surface area contributed by atoms with Gasteiger partial charge in [-0.1, -0.05) is 112 Å². The lowest BCUT2D eigenvalue weighted by Gasteiger charge is -2.42. The SMILES string of the molecule is CC(C)(C)[Si](C)(C)O[C@@H]1OCC(O)[C@@H](OCc2ccccc2)[C@H](OCc2ccccc2)[C@H]1OCc1ccccc1. The average Bonchev–Trinajstić information content (AvgIpc) is 3.06. The van der Waals surface area contributed by atoms with Gasteiger partial charge in [-0.25, -0.2) is 0 Å². The number of aliphatic hydroxyl groups is 1. The molecule has 5 atom stereocenters. The van der Waals surface area contributed by atoms with Crippen LogP contribution in [-0.2, 0) is 43.2 Å². The summed E-state index contributed by atoms with van der Waals surface area (Å²) in [6.45, 7) is 12.0. The third-order valence-corrected chi connectivity index (χ3v) is 12.2. The number of aliphatic hydroxyl groups excluding tert-OH is 1. The second-order valence-electron chi connectivity index (χ2n) is 11.9. The van der Waals surface area contributed by atoms with Gasteiger partial charge in [0.05, 0.1) is 26.4 Å². The maximum atomic E-state index is 11.3. The second-order valence-corrected chi connectivity index (χ2v) is 16.7. The van der Waals surface area contributed by atoms with Crippen molar-refractivity contribution in [2.45, 2.75) is 89.4 Å². The number of hydrogen-bond donors (Lipinski definition) is 1. The molecule has 0 bridgehead atoms. The largest absolute Gasteiger partial charge is 0.390 e. The van der Waals surface area contributed by atoms with E-state index < -0.39 is 39.0 Å². The summed E-state index contributed by atoms with van der Waals surface area (Å²) < 4.78 is 32.7. The summed E-state index contributed by atoms with van der Waals surface area (Å²) in [5.41, 5.74) is 3.06. The standard InChI is InChI=1S/C33H44O6Si/c1-33(2,3)40(4,5)39-32-31(37-23-27-19-13-8-14-20-27)30(36-22-26-17-11-7-12-18-26)29(28(34)24-38-32)35-21-25-15-9-6-10-16-25/h6-20,28-32,34H,21-24H2,1-5H3/t28?,29-,30+,31-,32+/m1/s1. The predicted molar refractivity (Wildman–Crippen MR) is 159 cm³/mol. The smallest absolute Gasteiger partial charge is 0.195 e. The molecule has 0 aliphatic carbocycles. The first kappa shape index (κ1) is 30.6. The highest BCUT2D eigenvalue weighted by Gasteiger charge is 2.49. The van der Waals surface area contributed by atoms with Crippen LogP contribution in [0.2, 0.25) is 18.1 Å². The zero-order chi connectivity index (χ0) is 28.6. The zero-order valence-corrected chi connectivity index (χ0v) is 25.4. The first-order valence-electron chi connectivity index (χ1n) is 14.1. The van der Waals surface area contributed by atoms with Crippen LogP contribution in [0, 0.1) is 0 Å². The van der Waals surface area contributed by atoms with Crippen LogP contribution in [0.5, 0.6) is 0 Å². The molecule has 0 saturated carbocycles. The van der Waals surface area contributed by atoms with E-state index in [0.717, 1.165) is 16.7 Å². The van der Waals surface area contributed by atoms with Crippen LogP contribution in [0.1, 0.15) is 37.5 Å². The van der Waals surface area contributed by atoms with E-state index in [-0.39, 0.29) is 11.6 Å². The predicted octanol–water partition coefficient (Wildman–Crippen LogP) is 6.48. The molecule has 0 spiro atoms. The Morgan fingerprint density at radius 1 is 0.675 bits per heavy atom. The molecule has 1 aliphatic rings. The molecule has 0 aromatic heterocycles.